The number of halogens is 1. The highest BCUT2D eigenvalue weighted by molar-refractivity contribution is 6.37. The van der Waals surface area contributed by atoms with E-state index in [1.807, 2.05) is 0 Å². The van der Waals surface area contributed by atoms with Crippen LogP contribution in [0.15, 0.2) is 29.4 Å². The molecule has 0 saturated carbocycles. The SMILES string of the molecule is CN1N=C(C(=O)OCc2ccc(Cl)cc2)CCC1=O. The molecule has 1 heterocycles. The highest BCUT2D eigenvalue weighted by Crippen LogP contribution is 2.12. The average molecular weight is 281 g/mol. The Labute approximate surface area is 115 Å². The molecular formula is C13H13ClN2O3. The predicted octanol–water partition coefficient (Wildman–Crippen LogP) is 1.99. The number of esters is 1. The fraction of sp³-hybridized carbons (Fsp3) is 0.308. The van der Waals surface area contributed by atoms with Gasteiger partial charge in [0, 0.05) is 24.9 Å². The van der Waals surface area contributed by atoms with Gasteiger partial charge in [-0.25, -0.2) is 9.80 Å². The number of nitrogens with zero attached hydrogens (tertiary/aromatic N) is 2. The zero-order valence-corrected chi connectivity index (χ0v) is 11.2. The summed E-state index contributed by atoms with van der Waals surface area (Å²) < 4.78 is 5.14. The molecule has 0 unspecified atom stereocenters. The molecule has 1 aliphatic heterocycles. The van der Waals surface area contributed by atoms with Crippen LogP contribution in [0.2, 0.25) is 5.02 Å². The highest BCUT2D eigenvalue weighted by atomic mass is 35.5. The lowest BCUT2D eigenvalue weighted by Crippen LogP contribution is -2.32. The Balaban J connectivity index is 1.93. The molecule has 0 spiro atoms. The van der Waals surface area contributed by atoms with Crippen LogP contribution < -0.4 is 0 Å². The first-order valence-corrected chi connectivity index (χ1v) is 6.19. The molecule has 1 aromatic carbocycles. The summed E-state index contributed by atoms with van der Waals surface area (Å²) in [5.41, 5.74) is 1.12. The Kier molecular flexibility index (Phi) is 4.16. The summed E-state index contributed by atoms with van der Waals surface area (Å²) in [5, 5.41) is 5.69. The second-order valence-electron chi connectivity index (χ2n) is 4.17. The standard InChI is InChI=1S/C13H13ClN2O3/c1-16-12(17)7-6-11(15-16)13(18)19-8-9-2-4-10(14)5-3-9/h2-5H,6-8H2,1H3. The van der Waals surface area contributed by atoms with Crippen LogP contribution in [-0.4, -0.2) is 29.6 Å². The van der Waals surface area contributed by atoms with Crippen LogP contribution in [0.4, 0.5) is 0 Å². The number of ether oxygens (including phenoxy) is 1. The maximum absolute atomic E-state index is 11.8. The number of hydrogen-bond acceptors (Lipinski definition) is 4. The second kappa shape index (κ2) is 5.84. The minimum Gasteiger partial charge on any atom is -0.456 e. The van der Waals surface area contributed by atoms with Gasteiger partial charge in [-0.2, -0.15) is 5.10 Å². The molecule has 0 N–H and O–H groups in total. The molecule has 0 aliphatic carbocycles. The number of amides is 1. The molecule has 0 atom stereocenters. The predicted molar refractivity (Wildman–Crippen MR) is 70.7 cm³/mol. The summed E-state index contributed by atoms with van der Waals surface area (Å²) in [6.45, 7) is 0.159. The van der Waals surface area contributed by atoms with Crippen LogP contribution in [0.3, 0.4) is 0 Å². The monoisotopic (exact) mass is 280 g/mol. The molecule has 1 aromatic rings. The van der Waals surface area contributed by atoms with Crippen molar-refractivity contribution in [3.8, 4) is 0 Å². The molecule has 0 fully saturated rings. The third kappa shape index (κ3) is 3.54. The lowest BCUT2D eigenvalue weighted by atomic mass is 10.2. The first kappa shape index (κ1) is 13.5. The highest BCUT2D eigenvalue weighted by Gasteiger charge is 2.22. The van der Waals surface area contributed by atoms with Gasteiger partial charge < -0.3 is 4.74 Å². The third-order valence-electron chi connectivity index (χ3n) is 2.73. The molecule has 0 bridgehead atoms. The number of hydrogen-bond donors (Lipinski definition) is 0. The fourth-order valence-electron chi connectivity index (χ4n) is 1.63. The smallest absolute Gasteiger partial charge is 0.354 e. The maximum Gasteiger partial charge on any atom is 0.354 e. The maximum atomic E-state index is 11.8. The van der Waals surface area contributed by atoms with Crippen molar-refractivity contribution in [3.63, 3.8) is 0 Å². The number of rotatable bonds is 3. The van der Waals surface area contributed by atoms with Crippen molar-refractivity contribution in [2.24, 2.45) is 5.10 Å². The summed E-state index contributed by atoms with van der Waals surface area (Å²) in [6.07, 6.45) is 0.605. The Hall–Kier alpha value is -1.88. The Morgan fingerprint density at radius 1 is 1.37 bits per heavy atom. The zero-order valence-electron chi connectivity index (χ0n) is 10.4. The van der Waals surface area contributed by atoms with E-state index in [0.717, 1.165) is 5.56 Å². The van der Waals surface area contributed by atoms with Gasteiger partial charge in [-0.3, -0.25) is 4.79 Å². The van der Waals surface area contributed by atoms with E-state index in [1.54, 1.807) is 24.3 Å². The van der Waals surface area contributed by atoms with Gasteiger partial charge in [0.15, 0.2) is 0 Å². The van der Waals surface area contributed by atoms with Gasteiger partial charge in [0.2, 0.25) is 5.91 Å². The van der Waals surface area contributed by atoms with E-state index in [-0.39, 0.29) is 24.6 Å². The zero-order chi connectivity index (χ0) is 13.8. The van der Waals surface area contributed by atoms with Crippen LogP contribution in [0.25, 0.3) is 0 Å². The van der Waals surface area contributed by atoms with E-state index in [1.165, 1.54) is 12.1 Å². The first-order chi connectivity index (χ1) is 9.06. The Morgan fingerprint density at radius 3 is 2.68 bits per heavy atom. The van der Waals surface area contributed by atoms with E-state index in [0.29, 0.717) is 11.4 Å². The quantitative estimate of drug-likeness (QED) is 0.796. The molecule has 6 heteroatoms. The van der Waals surface area contributed by atoms with E-state index < -0.39 is 5.97 Å². The van der Waals surface area contributed by atoms with Gasteiger partial charge >= 0.3 is 5.97 Å². The normalized spacial score (nSPS) is 15.2. The van der Waals surface area contributed by atoms with Crippen molar-refractivity contribution in [2.75, 3.05) is 7.05 Å². The van der Waals surface area contributed by atoms with Crippen molar-refractivity contribution in [1.82, 2.24) is 5.01 Å². The number of benzene rings is 1. The van der Waals surface area contributed by atoms with Gasteiger partial charge in [0.05, 0.1) is 0 Å². The summed E-state index contributed by atoms with van der Waals surface area (Å²) in [6, 6.07) is 7.03. The van der Waals surface area contributed by atoms with E-state index >= 15 is 0 Å². The molecule has 1 aliphatic rings. The van der Waals surface area contributed by atoms with E-state index in [9.17, 15) is 9.59 Å². The molecule has 0 radical (unpaired) electrons. The molecule has 1 amide bonds. The van der Waals surface area contributed by atoms with Gasteiger partial charge in [-0.05, 0) is 17.7 Å². The molecule has 19 heavy (non-hydrogen) atoms. The van der Waals surface area contributed by atoms with E-state index in [4.69, 9.17) is 16.3 Å². The largest absolute Gasteiger partial charge is 0.456 e. The molecule has 0 saturated heterocycles. The summed E-state index contributed by atoms with van der Waals surface area (Å²) in [4.78, 5) is 23.0. The van der Waals surface area contributed by atoms with Crippen molar-refractivity contribution < 1.29 is 14.3 Å². The molecule has 5 nitrogen and oxygen atoms in total. The summed E-state index contributed by atoms with van der Waals surface area (Å²) in [5.74, 6) is -0.594. The number of carbonyl (C=O) groups excluding carboxylic acids is 2. The van der Waals surface area contributed by atoms with Crippen LogP contribution in [-0.2, 0) is 20.9 Å². The van der Waals surface area contributed by atoms with Gasteiger partial charge in [-0.15, -0.1) is 0 Å². The topological polar surface area (TPSA) is 59.0 Å². The van der Waals surface area contributed by atoms with Crippen LogP contribution in [0.1, 0.15) is 18.4 Å². The van der Waals surface area contributed by atoms with Crippen molar-refractivity contribution >= 4 is 29.2 Å². The van der Waals surface area contributed by atoms with Crippen molar-refractivity contribution in [3.05, 3.63) is 34.9 Å². The van der Waals surface area contributed by atoms with Crippen LogP contribution >= 0.6 is 11.6 Å². The van der Waals surface area contributed by atoms with Gasteiger partial charge in [-0.1, -0.05) is 23.7 Å². The molecule has 100 valence electrons. The lowest BCUT2D eigenvalue weighted by molar-refractivity contribution is -0.137. The molecular weight excluding hydrogens is 268 g/mol. The van der Waals surface area contributed by atoms with Crippen LogP contribution in [0, 0.1) is 0 Å². The van der Waals surface area contributed by atoms with Crippen LogP contribution in [0.5, 0.6) is 0 Å². The van der Waals surface area contributed by atoms with Gasteiger partial charge in [0.1, 0.15) is 12.3 Å². The number of hydrazone groups is 1. The first-order valence-electron chi connectivity index (χ1n) is 5.82. The molecule has 2 rings (SSSR count). The summed E-state index contributed by atoms with van der Waals surface area (Å²) >= 11 is 5.76. The fourth-order valence-corrected chi connectivity index (χ4v) is 1.76. The van der Waals surface area contributed by atoms with E-state index in [2.05, 4.69) is 5.10 Å². The third-order valence-corrected chi connectivity index (χ3v) is 2.98. The van der Waals surface area contributed by atoms with Crippen molar-refractivity contribution in [1.29, 1.82) is 0 Å². The Morgan fingerprint density at radius 2 is 2.05 bits per heavy atom. The Bertz CT molecular complexity index is 525. The van der Waals surface area contributed by atoms with Gasteiger partial charge in [0.25, 0.3) is 0 Å². The molecule has 0 aromatic heterocycles. The lowest BCUT2D eigenvalue weighted by Gasteiger charge is -2.18. The minimum atomic E-state index is -0.491. The average Bonchev–Trinajstić information content (AvgIpc) is 2.41. The van der Waals surface area contributed by atoms with Crippen molar-refractivity contribution in [2.45, 2.75) is 19.4 Å². The number of carbonyl (C=O) groups is 2. The second-order valence-corrected chi connectivity index (χ2v) is 4.60. The summed E-state index contributed by atoms with van der Waals surface area (Å²) in [7, 11) is 1.52. The minimum absolute atomic E-state index is 0.103.